The molecule has 22 heavy (non-hydrogen) atoms. The zero-order valence-corrected chi connectivity index (χ0v) is 15.3. The molecule has 4 nitrogen and oxygen atoms in total. The molecule has 2 rings (SSSR count). The molecule has 0 N–H and O–H groups in total. The van der Waals surface area contributed by atoms with Crippen LogP contribution in [-0.2, 0) is 15.4 Å². The van der Waals surface area contributed by atoms with Gasteiger partial charge in [-0.25, -0.2) is 8.42 Å². The fourth-order valence-electron chi connectivity index (χ4n) is 2.83. The molecule has 1 saturated heterocycles. The average molecular weight is 324 g/mol. The Labute approximate surface area is 135 Å². The van der Waals surface area contributed by atoms with Crippen LogP contribution >= 0.6 is 0 Å². The van der Waals surface area contributed by atoms with E-state index in [1.165, 1.54) is 0 Å². The van der Waals surface area contributed by atoms with E-state index >= 15 is 0 Å². The molecule has 0 aliphatic carbocycles. The second kappa shape index (κ2) is 5.95. The summed E-state index contributed by atoms with van der Waals surface area (Å²) in [7, 11) is -1.35. The molecule has 2 unspecified atom stereocenters. The molecule has 1 heterocycles. The van der Waals surface area contributed by atoms with Crippen molar-refractivity contribution in [3.05, 3.63) is 29.8 Å². The Morgan fingerprint density at radius 1 is 1.00 bits per heavy atom. The largest absolute Gasteiger partial charge is 0.298 e. The highest BCUT2D eigenvalue weighted by Crippen LogP contribution is 2.26. The van der Waals surface area contributed by atoms with Gasteiger partial charge in [0, 0.05) is 25.2 Å². The lowest BCUT2D eigenvalue weighted by molar-refractivity contribution is 0.105. The van der Waals surface area contributed by atoms with Gasteiger partial charge in [0.2, 0.25) is 10.0 Å². The van der Waals surface area contributed by atoms with Gasteiger partial charge >= 0.3 is 0 Å². The van der Waals surface area contributed by atoms with Crippen LogP contribution in [-0.4, -0.2) is 49.8 Å². The first-order valence-corrected chi connectivity index (χ1v) is 9.30. The number of sulfonamides is 1. The van der Waals surface area contributed by atoms with E-state index in [1.54, 1.807) is 16.4 Å². The summed E-state index contributed by atoms with van der Waals surface area (Å²) in [4.78, 5) is 2.62. The van der Waals surface area contributed by atoms with Gasteiger partial charge in [-0.3, -0.25) is 4.90 Å². The number of likely N-dealkylation sites (N-methyl/N-ethyl adjacent to an activating group) is 1. The molecular formula is C17H28N2O2S. The first kappa shape index (κ1) is 17.4. The van der Waals surface area contributed by atoms with Crippen LogP contribution in [0.2, 0.25) is 0 Å². The van der Waals surface area contributed by atoms with Crippen molar-refractivity contribution in [3.8, 4) is 0 Å². The molecule has 0 bridgehead atoms. The highest BCUT2D eigenvalue weighted by atomic mass is 32.2. The van der Waals surface area contributed by atoms with Crippen LogP contribution in [0, 0.1) is 0 Å². The zero-order valence-electron chi connectivity index (χ0n) is 14.5. The normalized spacial score (nSPS) is 25.4. The minimum absolute atomic E-state index is 0.0269. The van der Waals surface area contributed by atoms with Gasteiger partial charge in [0.1, 0.15) is 0 Å². The Hall–Kier alpha value is -0.910. The average Bonchev–Trinajstić information content (AvgIpc) is 2.43. The molecule has 5 heteroatoms. The first-order chi connectivity index (χ1) is 10.0. The highest BCUT2D eigenvalue weighted by molar-refractivity contribution is 7.89. The van der Waals surface area contributed by atoms with Crippen molar-refractivity contribution >= 4 is 10.0 Å². The van der Waals surface area contributed by atoms with E-state index in [9.17, 15) is 8.42 Å². The van der Waals surface area contributed by atoms with Crippen LogP contribution in [0.3, 0.4) is 0 Å². The quantitative estimate of drug-likeness (QED) is 0.840. The van der Waals surface area contributed by atoms with Crippen LogP contribution < -0.4 is 0 Å². The molecule has 1 aromatic rings. The summed E-state index contributed by atoms with van der Waals surface area (Å²) >= 11 is 0. The molecule has 0 aromatic heterocycles. The Morgan fingerprint density at radius 2 is 1.45 bits per heavy atom. The lowest BCUT2D eigenvalue weighted by atomic mass is 9.87. The highest BCUT2D eigenvalue weighted by Gasteiger charge is 2.34. The molecule has 1 aliphatic rings. The second-order valence-electron chi connectivity index (χ2n) is 7.46. The molecule has 0 amide bonds. The fraction of sp³-hybridized carbons (Fsp3) is 0.647. The summed E-state index contributed by atoms with van der Waals surface area (Å²) < 4.78 is 27.3. The van der Waals surface area contributed by atoms with E-state index in [4.69, 9.17) is 0 Å². The van der Waals surface area contributed by atoms with Gasteiger partial charge in [0.25, 0.3) is 0 Å². The van der Waals surface area contributed by atoms with E-state index in [-0.39, 0.29) is 17.5 Å². The maximum atomic E-state index is 12.9. The third kappa shape index (κ3) is 3.36. The second-order valence-corrected chi connectivity index (χ2v) is 9.40. The summed E-state index contributed by atoms with van der Waals surface area (Å²) in [6, 6.07) is 7.79. The minimum atomic E-state index is -3.41. The topological polar surface area (TPSA) is 40.6 Å². The Morgan fingerprint density at radius 3 is 1.86 bits per heavy atom. The molecule has 0 spiro atoms. The van der Waals surface area contributed by atoms with Gasteiger partial charge in [-0.15, -0.1) is 0 Å². The molecule has 1 aromatic carbocycles. The monoisotopic (exact) mass is 324 g/mol. The lowest BCUT2D eigenvalue weighted by Crippen LogP contribution is -2.56. The first-order valence-electron chi connectivity index (χ1n) is 7.86. The van der Waals surface area contributed by atoms with E-state index in [0.717, 1.165) is 5.56 Å². The molecule has 2 atom stereocenters. The predicted molar refractivity (Wildman–Crippen MR) is 90.6 cm³/mol. The van der Waals surface area contributed by atoms with Crippen LogP contribution in [0.25, 0.3) is 0 Å². The molecule has 1 aliphatic heterocycles. The van der Waals surface area contributed by atoms with Gasteiger partial charge in [0.15, 0.2) is 0 Å². The van der Waals surface area contributed by atoms with Crippen LogP contribution in [0.1, 0.15) is 40.2 Å². The minimum Gasteiger partial charge on any atom is -0.298 e. The maximum Gasteiger partial charge on any atom is 0.243 e. The van der Waals surface area contributed by atoms with Crippen molar-refractivity contribution in [3.63, 3.8) is 0 Å². The van der Waals surface area contributed by atoms with E-state index in [0.29, 0.717) is 18.0 Å². The summed E-state index contributed by atoms with van der Waals surface area (Å²) in [5.74, 6) is 0. The summed E-state index contributed by atoms with van der Waals surface area (Å²) in [6.07, 6.45) is 0. The van der Waals surface area contributed by atoms with Crippen molar-refractivity contribution in [2.24, 2.45) is 0 Å². The molecule has 0 radical (unpaired) electrons. The fourth-order valence-corrected chi connectivity index (χ4v) is 4.43. The summed E-state index contributed by atoms with van der Waals surface area (Å²) in [6.45, 7) is 11.6. The predicted octanol–water partition coefficient (Wildman–Crippen LogP) is 2.70. The van der Waals surface area contributed by atoms with E-state index in [2.05, 4.69) is 46.6 Å². The SMILES string of the molecule is CC1CN(S(=O)(=O)c2ccc(C(C)(C)C)cc2)CC(C)N1C. The number of rotatable bonds is 2. The number of hydrogen-bond donors (Lipinski definition) is 0. The van der Waals surface area contributed by atoms with E-state index < -0.39 is 10.0 Å². The Kier molecular flexibility index (Phi) is 4.71. The number of benzene rings is 1. The zero-order chi connectivity index (χ0) is 16.7. The van der Waals surface area contributed by atoms with Crippen molar-refractivity contribution in [1.29, 1.82) is 0 Å². The van der Waals surface area contributed by atoms with Gasteiger partial charge in [0.05, 0.1) is 4.90 Å². The third-order valence-electron chi connectivity index (χ3n) is 4.68. The Balaban J connectivity index is 2.27. The summed E-state index contributed by atoms with van der Waals surface area (Å²) in [5.41, 5.74) is 1.17. The van der Waals surface area contributed by atoms with E-state index in [1.807, 2.05) is 12.1 Å². The standard InChI is InChI=1S/C17H28N2O2S/c1-13-11-19(12-14(2)18(13)6)22(20,21)16-9-7-15(8-10-16)17(3,4)5/h7-10,13-14H,11-12H2,1-6H3. The van der Waals surface area contributed by atoms with Gasteiger partial charge < -0.3 is 0 Å². The van der Waals surface area contributed by atoms with Crippen molar-refractivity contribution in [2.45, 2.75) is 57.0 Å². The molecule has 1 fully saturated rings. The number of nitrogens with zero attached hydrogens (tertiary/aromatic N) is 2. The van der Waals surface area contributed by atoms with Crippen molar-refractivity contribution in [2.75, 3.05) is 20.1 Å². The van der Waals surface area contributed by atoms with Gasteiger partial charge in [-0.1, -0.05) is 32.9 Å². The molecular weight excluding hydrogens is 296 g/mol. The van der Waals surface area contributed by atoms with Crippen LogP contribution in [0.5, 0.6) is 0 Å². The smallest absolute Gasteiger partial charge is 0.243 e. The van der Waals surface area contributed by atoms with Crippen LogP contribution in [0.15, 0.2) is 29.2 Å². The molecule has 0 saturated carbocycles. The number of piperazine rings is 1. The Bertz CT molecular complexity index is 605. The lowest BCUT2D eigenvalue weighted by Gasteiger charge is -2.41. The third-order valence-corrected chi connectivity index (χ3v) is 6.53. The molecule has 124 valence electrons. The van der Waals surface area contributed by atoms with Crippen molar-refractivity contribution < 1.29 is 8.42 Å². The van der Waals surface area contributed by atoms with Crippen LogP contribution in [0.4, 0.5) is 0 Å². The summed E-state index contributed by atoms with van der Waals surface area (Å²) in [5, 5.41) is 0. The van der Waals surface area contributed by atoms with Crippen molar-refractivity contribution in [1.82, 2.24) is 9.21 Å². The number of hydrogen-bond acceptors (Lipinski definition) is 3. The van der Waals surface area contributed by atoms with Gasteiger partial charge in [-0.05, 0) is 44.0 Å². The maximum absolute atomic E-state index is 12.9. The van der Waals surface area contributed by atoms with Gasteiger partial charge in [-0.2, -0.15) is 4.31 Å².